The molecule has 6 nitrogen and oxygen atoms in total. The first kappa shape index (κ1) is 31.1. The van der Waals surface area contributed by atoms with Gasteiger partial charge in [-0.2, -0.15) is 47.9 Å². The van der Waals surface area contributed by atoms with E-state index < -0.39 is 56.0 Å². The van der Waals surface area contributed by atoms with E-state index in [4.69, 9.17) is 9.47 Å². The predicted molar refractivity (Wildman–Crippen MR) is 122 cm³/mol. The van der Waals surface area contributed by atoms with Gasteiger partial charge in [-0.15, -0.1) is 0 Å². The minimum atomic E-state index is -7.41. The highest BCUT2D eigenvalue weighted by Gasteiger charge is 2.86. The molecular weight excluding hydrogens is 595 g/mol. The van der Waals surface area contributed by atoms with Gasteiger partial charge in [-0.3, -0.25) is 0 Å². The number of carbonyl (C=O) groups excluding carboxylic acids is 1. The van der Waals surface area contributed by atoms with Crippen molar-refractivity contribution < 1.29 is 65.8 Å². The molecule has 0 aromatic heterocycles. The maximum atomic E-state index is 14.5. The average molecular weight is 617 g/mol. The monoisotopic (exact) mass is 616 g/mol. The first-order valence-corrected chi connectivity index (χ1v) is 14.4. The van der Waals surface area contributed by atoms with Crippen molar-refractivity contribution in [3.63, 3.8) is 0 Å². The molecule has 0 N–H and O–H groups in total. The molecule has 0 atom stereocenters. The van der Waals surface area contributed by atoms with Gasteiger partial charge in [0, 0.05) is 21.8 Å². The Balaban J connectivity index is 2.11. The number of ether oxygens (including phenoxy) is 2. The summed E-state index contributed by atoms with van der Waals surface area (Å²) in [6.07, 6.45) is -8.59. The summed E-state index contributed by atoms with van der Waals surface area (Å²) in [5.74, 6) is -15.6. The van der Waals surface area contributed by atoms with Crippen LogP contribution >= 0.6 is 10.3 Å². The van der Waals surface area contributed by atoms with Crippen LogP contribution in [0.4, 0.5) is 44.3 Å². The van der Waals surface area contributed by atoms with E-state index in [1.54, 1.807) is 0 Å². The van der Waals surface area contributed by atoms with Crippen LogP contribution in [0.15, 0.2) is 41.3 Å². The summed E-state index contributed by atoms with van der Waals surface area (Å²) in [5, 5.41) is -6.77. The van der Waals surface area contributed by atoms with Crippen molar-refractivity contribution >= 4 is 37.4 Å². The van der Waals surface area contributed by atoms with Crippen molar-refractivity contribution in [3.05, 3.63) is 36.4 Å². The molecule has 1 aliphatic heterocycles. The first-order chi connectivity index (χ1) is 17.7. The van der Waals surface area contributed by atoms with E-state index >= 15 is 0 Å². The highest BCUT2D eigenvalue weighted by atomic mass is 32.3. The molecule has 0 radical (unpaired) electrons. The van der Waals surface area contributed by atoms with Gasteiger partial charge in [0.05, 0.1) is 6.10 Å². The Kier molecular flexibility index (Phi) is 8.15. The fourth-order valence-corrected chi connectivity index (χ4v) is 9.67. The van der Waals surface area contributed by atoms with Crippen molar-refractivity contribution in [2.24, 2.45) is 0 Å². The lowest BCUT2D eigenvalue weighted by Gasteiger charge is -2.38. The van der Waals surface area contributed by atoms with E-state index in [9.17, 15) is 52.7 Å². The van der Waals surface area contributed by atoms with Crippen molar-refractivity contribution in [2.45, 2.75) is 61.0 Å². The highest BCUT2D eigenvalue weighted by Crippen LogP contribution is 2.66. The Morgan fingerprint density at radius 2 is 1.38 bits per heavy atom. The van der Waals surface area contributed by atoms with Crippen molar-refractivity contribution in [1.29, 1.82) is 0 Å². The van der Waals surface area contributed by atoms with Crippen molar-refractivity contribution in [3.8, 4) is 5.75 Å². The maximum Gasteiger partial charge on any atom is 0.514 e. The lowest BCUT2D eigenvalue weighted by molar-refractivity contribution is -0.382. The second-order valence-corrected chi connectivity index (χ2v) is 13.6. The van der Waals surface area contributed by atoms with E-state index in [0.29, 0.717) is 0 Å². The third-order valence-corrected chi connectivity index (χ3v) is 11.3. The SMILES string of the molecule is CC(C)OC(=O)Oc1ccc(S2(OS(=O)(=O)C(F)(F)C(F)(F)C(F)(F)C(F)(F)F)CCCC2)c2ccccc12. The molecule has 0 amide bonds. The Labute approximate surface area is 218 Å². The topological polar surface area (TPSA) is 78.9 Å². The zero-order valence-electron chi connectivity index (χ0n) is 20.0. The van der Waals surface area contributed by atoms with Crippen LogP contribution in [0.1, 0.15) is 26.7 Å². The second kappa shape index (κ2) is 10.2. The van der Waals surface area contributed by atoms with Gasteiger partial charge in [-0.25, -0.2) is 8.42 Å². The molecule has 1 aliphatic rings. The lowest BCUT2D eigenvalue weighted by atomic mass is 10.1. The molecule has 0 aliphatic carbocycles. The van der Waals surface area contributed by atoms with E-state index in [1.165, 1.54) is 38.1 Å². The van der Waals surface area contributed by atoms with Crippen molar-refractivity contribution in [2.75, 3.05) is 11.5 Å². The summed E-state index contributed by atoms with van der Waals surface area (Å²) in [6, 6.07) is 7.88. The summed E-state index contributed by atoms with van der Waals surface area (Å²) in [5.41, 5.74) is 0. The second-order valence-electron chi connectivity index (χ2n) is 8.74. The van der Waals surface area contributed by atoms with Gasteiger partial charge >= 0.3 is 39.5 Å². The molecule has 1 saturated heterocycles. The molecule has 0 bridgehead atoms. The Morgan fingerprint density at radius 3 is 1.90 bits per heavy atom. The van der Waals surface area contributed by atoms with Crippen LogP contribution in [0.25, 0.3) is 10.8 Å². The average Bonchev–Trinajstić information content (AvgIpc) is 3.26. The van der Waals surface area contributed by atoms with Gasteiger partial charge in [-0.1, -0.05) is 34.6 Å². The summed E-state index contributed by atoms with van der Waals surface area (Å²) in [6.45, 7) is 3.08. The smallest absolute Gasteiger partial charge is 0.431 e. The normalized spacial score (nSPS) is 17.8. The maximum absolute atomic E-state index is 14.5. The first-order valence-electron chi connectivity index (χ1n) is 11.0. The van der Waals surface area contributed by atoms with Crippen LogP contribution in [0.5, 0.6) is 5.75 Å². The fraction of sp³-hybridized carbons (Fsp3) is 0.500. The standard InChI is InChI=1S/C22H21F9O6S2/c1-13(2)35-18(32)36-16-9-10-17(15-8-4-3-7-14(15)16)38(11-5-6-12-38)37-39(33,34)22(30,31)20(25,26)19(23,24)21(27,28)29/h3-4,7-10,13H,5-6,11-12H2,1-2H3. The minimum absolute atomic E-state index is 0.0788. The van der Waals surface area contributed by atoms with Crippen LogP contribution in [0, 0.1) is 0 Å². The van der Waals surface area contributed by atoms with Crippen LogP contribution < -0.4 is 4.74 Å². The largest absolute Gasteiger partial charge is 0.514 e. The number of alkyl halides is 9. The van der Waals surface area contributed by atoms with E-state index in [2.05, 4.69) is 3.63 Å². The van der Waals surface area contributed by atoms with Gasteiger partial charge in [0.2, 0.25) is 0 Å². The summed E-state index contributed by atoms with van der Waals surface area (Å²) in [4.78, 5) is 11.9. The van der Waals surface area contributed by atoms with Crippen LogP contribution in [-0.4, -0.2) is 55.5 Å². The summed E-state index contributed by atoms with van der Waals surface area (Å²) >= 11 is 0. The van der Waals surface area contributed by atoms with Gasteiger partial charge in [0.1, 0.15) is 5.75 Å². The predicted octanol–water partition coefficient (Wildman–Crippen LogP) is 7.41. The molecule has 0 unspecified atom stereocenters. The third-order valence-electron chi connectivity index (χ3n) is 5.62. The molecule has 220 valence electrons. The molecule has 0 spiro atoms. The zero-order chi connectivity index (χ0) is 29.7. The summed E-state index contributed by atoms with van der Waals surface area (Å²) < 4.78 is 161. The number of hydrogen-bond acceptors (Lipinski definition) is 6. The van der Waals surface area contributed by atoms with E-state index in [1.807, 2.05) is 0 Å². The van der Waals surface area contributed by atoms with Gasteiger partial charge < -0.3 is 9.47 Å². The van der Waals surface area contributed by atoms with E-state index in [-0.39, 0.29) is 45.8 Å². The van der Waals surface area contributed by atoms with E-state index in [0.717, 1.165) is 12.1 Å². The Bertz CT molecular complexity index is 1340. The Hall–Kier alpha value is -2.40. The third kappa shape index (κ3) is 5.36. The molecular formula is C22H21F9O6S2. The van der Waals surface area contributed by atoms with Gasteiger partial charge in [-0.05, 0) is 44.2 Å². The molecule has 2 aromatic rings. The molecule has 3 rings (SSSR count). The lowest BCUT2D eigenvalue weighted by Crippen LogP contribution is -2.63. The van der Waals surface area contributed by atoms with Gasteiger partial charge in [0.15, 0.2) is 0 Å². The highest BCUT2D eigenvalue weighted by molar-refractivity contribution is 8.33. The number of carbonyl (C=O) groups is 1. The summed E-state index contributed by atoms with van der Waals surface area (Å²) in [7, 11) is -10.6. The Morgan fingerprint density at radius 1 is 0.846 bits per heavy atom. The number of rotatable bonds is 8. The molecule has 39 heavy (non-hydrogen) atoms. The zero-order valence-corrected chi connectivity index (χ0v) is 21.7. The molecule has 1 fully saturated rings. The molecule has 0 saturated carbocycles. The fourth-order valence-electron chi connectivity index (χ4n) is 3.79. The molecule has 17 heteroatoms. The minimum Gasteiger partial charge on any atom is -0.431 e. The molecule has 1 heterocycles. The number of fused-ring (bicyclic) bond motifs is 1. The van der Waals surface area contributed by atoms with Crippen LogP contribution in [-0.2, 0) is 18.5 Å². The van der Waals surface area contributed by atoms with Crippen molar-refractivity contribution in [1.82, 2.24) is 0 Å². The number of halogens is 9. The number of hydrogen-bond donors (Lipinski definition) is 0. The quantitative estimate of drug-likeness (QED) is 0.175. The number of benzene rings is 2. The van der Waals surface area contributed by atoms with Crippen LogP contribution in [0.3, 0.4) is 0 Å². The van der Waals surface area contributed by atoms with Crippen LogP contribution in [0.2, 0.25) is 0 Å². The molecule has 2 aromatic carbocycles. The van der Waals surface area contributed by atoms with Gasteiger partial charge in [0.25, 0.3) is 0 Å².